The first-order valence-corrected chi connectivity index (χ1v) is 18.9. The first-order valence-electron chi connectivity index (χ1n) is 18.9. The molecule has 2 unspecified atom stereocenters. The van der Waals surface area contributed by atoms with Crippen molar-refractivity contribution in [1.82, 2.24) is 9.80 Å². The maximum absolute atomic E-state index is 13.7. The van der Waals surface area contributed by atoms with Crippen LogP contribution in [0.25, 0.3) is 22.3 Å². The number of aliphatic imine (C=N–C) groups is 1. The highest BCUT2D eigenvalue weighted by Gasteiger charge is 2.45. The van der Waals surface area contributed by atoms with Crippen molar-refractivity contribution in [1.29, 1.82) is 0 Å². The molecule has 8 nitrogen and oxygen atoms in total. The number of nitrogens with zero attached hydrogens (tertiary/aromatic N) is 3. The molecule has 55 heavy (non-hydrogen) atoms. The number of alkyl halides is 4. The van der Waals surface area contributed by atoms with Gasteiger partial charge in [-0.05, 0) is 130 Å². The summed E-state index contributed by atoms with van der Waals surface area (Å²) in [6, 6.07) is 16.9. The molecule has 3 heterocycles. The second-order valence-corrected chi connectivity index (χ2v) is 14.9. The molecular weight excluding hydrogens is 714 g/mol. The van der Waals surface area contributed by atoms with Crippen molar-refractivity contribution in [3.8, 4) is 28.0 Å². The van der Waals surface area contributed by atoms with Gasteiger partial charge >= 0.3 is 19.2 Å². The van der Waals surface area contributed by atoms with Gasteiger partial charge in [0.25, 0.3) is 0 Å². The first kappa shape index (κ1) is 38.6. The van der Waals surface area contributed by atoms with E-state index in [9.17, 15) is 22.4 Å². The predicted molar refractivity (Wildman–Crippen MR) is 202 cm³/mol. The number of carbonyl (C=O) groups is 1. The lowest BCUT2D eigenvalue weighted by Crippen LogP contribution is -2.41. The number of fused-ring (bicyclic) bond motifs is 1. The van der Waals surface area contributed by atoms with Crippen molar-refractivity contribution in [2.24, 2.45) is 4.99 Å². The minimum Gasteiger partial charge on any atom is -0.468 e. The minimum absolute atomic E-state index is 0.00378. The van der Waals surface area contributed by atoms with Crippen LogP contribution in [0, 0.1) is 13.8 Å². The van der Waals surface area contributed by atoms with E-state index in [1.54, 1.807) is 12.1 Å². The molecule has 0 saturated carbocycles. The molecule has 3 atom stereocenters. The molecule has 4 aliphatic rings. The van der Waals surface area contributed by atoms with Gasteiger partial charge in [-0.25, -0.2) is 4.99 Å². The molecule has 0 N–H and O–H groups in total. The Balaban J connectivity index is 1.18. The number of rotatable bonds is 13. The van der Waals surface area contributed by atoms with E-state index in [2.05, 4.69) is 4.90 Å². The van der Waals surface area contributed by atoms with Gasteiger partial charge in [-0.2, -0.15) is 17.6 Å². The Bertz CT molecular complexity index is 2010. The lowest BCUT2D eigenvalue weighted by molar-refractivity contribution is -0.145. The summed E-state index contributed by atoms with van der Waals surface area (Å²) in [5.74, 6) is 0.213. The molecule has 1 aliphatic carbocycles. The van der Waals surface area contributed by atoms with E-state index >= 15 is 0 Å². The third-order valence-corrected chi connectivity index (χ3v) is 11.3. The van der Waals surface area contributed by atoms with Crippen molar-refractivity contribution in [2.75, 3.05) is 39.8 Å². The van der Waals surface area contributed by atoms with E-state index in [1.165, 1.54) is 7.11 Å². The molecule has 3 aromatic rings. The summed E-state index contributed by atoms with van der Waals surface area (Å²) in [7, 11) is 1.34. The van der Waals surface area contributed by atoms with E-state index in [0.29, 0.717) is 30.9 Å². The lowest BCUT2D eigenvalue weighted by Gasteiger charge is -2.32. The van der Waals surface area contributed by atoms with Gasteiger partial charge in [0.1, 0.15) is 23.1 Å². The summed E-state index contributed by atoms with van der Waals surface area (Å²) in [5.41, 5.74) is 6.50. The Kier molecular flexibility index (Phi) is 11.4. The van der Waals surface area contributed by atoms with Crippen LogP contribution in [-0.4, -0.2) is 92.4 Å². The molecule has 3 aliphatic heterocycles. The van der Waals surface area contributed by atoms with Crippen molar-refractivity contribution in [3.05, 3.63) is 100 Å². The minimum atomic E-state index is -3.05. The Morgan fingerprint density at radius 3 is 2.27 bits per heavy atom. The Morgan fingerprint density at radius 2 is 1.58 bits per heavy atom. The van der Waals surface area contributed by atoms with Gasteiger partial charge in [-0.3, -0.25) is 9.69 Å². The molecular formula is C43H47F4N3O5. The van der Waals surface area contributed by atoms with Crippen LogP contribution >= 0.6 is 0 Å². The van der Waals surface area contributed by atoms with Gasteiger partial charge in [0, 0.05) is 30.3 Å². The molecule has 0 radical (unpaired) electrons. The summed E-state index contributed by atoms with van der Waals surface area (Å²) >= 11 is 0. The SMILES string of the molecule is COC(=O)[C@@H]1CCCN1CC1=CC2(C)N=C(c3cccc(-c4cccc(-c5ccc(CCN6CCCC6)c(OC(F)F)c5)c4C)c3C)OC2C=C1OC(F)F. The van der Waals surface area contributed by atoms with Crippen LogP contribution in [0.3, 0.4) is 0 Å². The number of hydrogen-bond acceptors (Lipinski definition) is 8. The molecule has 0 bridgehead atoms. The number of benzene rings is 3. The number of esters is 1. The summed E-state index contributed by atoms with van der Waals surface area (Å²) in [4.78, 5) is 21.7. The van der Waals surface area contributed by atoms with Gasteiger partial charge in [-0.15, -0.1) is 0 Å². The fourth-order valence-corrected chi connectivity index (χ4v) is 8.45. The number of hydrogen-bond donors (Lipinski definition) is 0. The summed E-state index contributed by atoms with van der Waals surface area (Å²) < 4.78 is 75.9. The molecule has 2 saturated heterocycles. The molecule has 0 spiro atoms. The zero-order valence-electron chi connectivity index (χ0n) is 31.6. The summed E-state index contributed by atoms with van der Waals surface area (Å²) in [6.07, 6.45) is 7.01. The van der Waals surface area contributed by atoms with Crippen LogP contribution in [0.15, 0.2) is 83.1 Å². The fourth-order valence-electron chi connectivity index (χ4n) is 8.45. The Labute approximate surface area is 319 Å². The van der Waals surface area contributed by atoms with Gasteiger partial charge in [0.05, 0.1) is 7.11 Å². The van der Waals surface area contributed by atoms with Crippen molar-refractivity contribution >= 4 is 11.9 Å². The molecule has 0 amide bonds. The van der Waals surface area contributed by atoms with Crippen LogP contribution in [-0.2, 0) is 25.4 Å². The van der Waals surface area contributed by atoms with Crippen molar-refractivity contribution in [3.63, 3.8) is 0 Å². The average molecular weight is 762 g/mol. The second kappa shape index (κ2) is 16.2. The molecule has 12 heteroatoms. The Morgan fingerprint density at radius 1 is 0.909 bits per heavy atom. The monoisotopic (exact) mass is 761 g/mol. The molecule has 0 aromatic heterocycles. The number of ether oxygens (including phenoxy) is 4. The average Bonchev–Trinajstić information content (AvgIpc) is 3.91. The van der Waals surface area contributed by atoms with E-state index in [-0.39, 0.29) is 24.0 Å². The maximum Gasteiger partial charge on any atom is 0.387 e. The van der Waals surface area contributed by atoms with Crippen LogP contribution in [0.4, 0.5) is 17.6 Å². The fraction of sp³-hybridized carbons (Fsp3) is 0.442. The topological polar surface area (TPSA) is 72.8 Å². The molecule has 2 fully saturated rings. The van der Waals surface area contributed by atoms with E-state index in [0.717, 1.165) is 83.4 Å². The quantitative estimate of drug-likeness (QED) is 0.128. The zero-order chi connectivity index (χ0) is 38.9. The van der Waals surface area contributed by atoms with Gasteiger partial charge in [-0.1, -0.05) is 42.5 Å². The molecule has 292 valence electrons. The normalized spacial score (nSPS) is 22.7. The molecule has 7 rings (SSSR count). The van der Waals surface area contributed by atoms with Crippen LogP contribution < -0.4 is 4.74 Å². The highest BCUT2D eigenvalue weighted by Crippen LogP contribution is 2.41. The third-order valence-electron chi connectivity index (χ3n) is 11.3. The van der Waals surface area contributed by atoms with E-state index in [1.807, 2.05) is 80.3 Å². The van der Waals surface area contributed by atoms with Gasteiger partial charge < -0.3 is 23.8 Å². The van der Waals surface area contributed by atoms with Crippen molar-refractivity contribution < 1.29 is 41.3 Å². The number of halogens is 4. The highest BCUT2D eigenvalue weighted by molar-refractivity contribution is 5.99. The van der Waals surface area contributed by atoms with E-state index in [4.69, 9.17) is 23.9 Å². The third kappa shape index (κ3) is 8.16. The van der Waals surface area contributed by atoms with Gasteiger partial charge in [0.15, 0.2) is 6.10 Å². The maximum atomic E-state index is 13.7. The van der Waals surface area contributed by atoms with Crippen LogP contribution in [0.2, 0.25) is 0 Å². The zero-order valence-corrected chi connectivity index (χ0v) is 31.6. The predicted octanol–water partition coefficient (Wildman–Crippen LogP) is 8.48. The smallest absolute Gasteiger partial charge is 0.387 e. The van der Waals surface area contributed by atoms with Gasteiger partial charge in [0.2, 0.25) is 5.90 Å². The van der Waals surface area contributed by atoms with Crippen molar-refractivity contribution in [2.45, 2.75) is 83.8 Å². The second-order valence-electron chi connectivity index (χ2n) is 14.9. The largest absolute Gasteiger partial charge is 0.468 e. The first-order chi connectivity index (χ1) is 26.4. The number of carbonyl (C=O) groups excluding carboxylic acids is 1. The number of methoxy groups -OCH3 is 1. The summed E-state index contributed by atoms with van der Waals surface area (Å²) in [5, 5.41) is 0. The van der Waals surface area contributed by atoms with Crippen LogP contribution in [0.1, 0.15) is 54.9 Å². The summed E-state index contributed by atoms with van der Waals surface area (Å²) in [6.45, 7) is 3.59. The van der Waals surface area contributed by atoms with Crippen LogP contribution in [0.5, 0.6) is 5.75 Å². The van der Waals surface area contributed by atoms with E-state index < -0.39 is 30.9 Å². The highest BCUT2D eigenvalue weighted by atomic mass is 19.3. The molecule has 3 aromatic carbocycles. The number of likely N-dealkylation sites (tertiary alicyclic amines) is 2. The standard InChI is InChI=1S/C43H47F4N3O5/c1-26-31(29-16-15-28(36(22-29)53-41(44)45)17-21-49-18-5-6-19-49)10-7-11-32(26)33-12-8-13-34(27(33)2)39-48-43(3)24-30(37(54-42(46)47)23-38(43)55-39)25-50-20-9-14-35(50)40(51)52-4/h7-8,10-13,15-16,22-24,35,38,41-42H,5-6,9,14,17-21,25H2,1-4H3/t35-,38?,43?/m0/s1. The Hall–Kier alpha value is -4.68. The lowest BCUT2D eigenvalue weighted by atomic mass is 9.87.